The fourth-order valence-electron chi connectivity index (χ4n) is 4.59. The van der Waals surface area contributed by atoms with Crippen molar-refractivity contribution in [1.29, 1.82) is 0 Å². The van der Waals surface area contributed by atoms with Crippen molar-refractivity contribution in [3.05, 3.63) is 34.9 Å². The molecule has 1 unspecified atom stereocenters. The number of carbonyl (C=O) groups is 5. The molecular formula is C20H21N5O5. The molecule has 4 heterocycles. The first kappa shape index (κ1) is 18.9. The molecule has 0 saturated carbocycles. The number of piperidine rings is 1. The van der Waals surface area contributed by atoms with Crippen molar-refractivity contribution in [2.75, 3.05) is 26.2 Å². The summed E-state index contributed by atoms with van der Waals surface area (Å²) in [7, 11) is 0. The van der Waals surface area contributed by atoms with E-state index in [2.05, 4.69) is 20.9 Å². The number of carbonyl (C=O) groups excluding carboxylic acids is 5. The van der Waals surface area contributed by atoms with E-state index in [-0.39, 0.29) is 42.0 Å². The van der Waals surface area contributed by atoms with Crippen LogP contribution in [0.1, 0.15) is 39.1 Å². The summed E-state index contributed by atoms with van der Waals surface area (Å²) in [6.45, 7) is 2.87. The predicted molar refractivity (Wildman–Crippen MR) is 102 cm³/mol. The zero-order valence-electron chi connectivity index (χ0n) is 16.2. The van der Waals surface area contributed by atoms with Gasteiger partial charge in [0.2, 0.25) is 17.7 Å². The molecule has 3 fully saturated rings. The van der Waals surface area contributed by atoms with E-state index < -0.39 is 29.7 Å². The number of piperazine rings is 1. The standard InChI is InChI=1S/C20H21N5O5/c26-15-4-3-14(17(28)23-15)25-18(29)12-2-1-11(5-13(12)19(25)30)6-24-7-16(27)22-10-20(24)8-21-9-20/h1-2,5,14,21H,3-4,6-10H2,(H,22,27)(H,23,26,28). The van der Waals surface area contributed by atoms with Crippen LogP contribution in [0.3, 0.4) is 0 Å². The van der Waals surface area contributed by atoms with Gasteiger partial charge in [0.15, 0.2) is 0 Å². The summed E-state index contributed by atoms with van der Waals surface area (Å²) >= 11 is 0. The van der Waals surface area contributed by atoms with E-state index in [1.165, 1.54) is 0 Å². The lowest BCUT2D eigenvalue weighted by molar-refractivity contribution is -0.136. The number of hydrogen-bond acceptors (Lipinski definition) is 7. The highest BCUT2D eigenvalue weighted by Crippen LogP contribution is 2.30. The van der Waals surface area contributed by atoms with Gasteiger partial charge < -0.3 is 10.6 Å². The molecule has 0 aliphatic carbocycles. The largest absolute Gasteiger partial charge is 0.353 e. The Hall–Kier alpha value is -3.11. The molecule has 1 spiro atoms. The van der Waals surface area contributed by atoms with E-state index in [0.717, 1.165) is 23.6 Å². The lowest BCUT2D eigenvalue weighted by atomic mass is 9.87. The maximum absolute atomic E-state index is 13.0. The molecule has 1 aromatic rings. The van der Waals surface area contributed by atoms with E-state index >= 15 is 0 Å². The minimum Gasteiger partial charge on any atom is -0.353 e. The summed E-state index contributed by atoms with van der Waals surface area (Å²) < 4.78 is 0. The summed E-state index contributed by atoms with van der Waals surface area (Å²) in [5.41, 5.74) is 1.20. The number of nitrogens with zero attached hydrogens (tertiary/aromatic N) is 2. The molecular weight excluding hydrogens is 390 g/mol. The van der Waals surface area contributed by atoms with Gasteiger partial charge in [-0.25, -0.2) is 0 Å². The molecule has 10 nitrogen and oxygen atoms in total. The van der Waals surface area contributed by atoms with Crippen LogP contribution in [0.4, 0.5) is 0 Å². The molecule has 1 aromatic carbocycles. The fourth-order valence-corrected chi connectivity index (χ4v) is 4.59. The molecule has 0 bridgehead atoms. The summed E-state index contributed by atoms with van der Waals surface area (Å²) in [5, 5.41) is 8.34. The minimum absolute atomic E-state index is 0.0380. The lowest BCUT2D eigenvalue weighted by Crippen LogP contribution is -2.76. The SMILES string of the molecule is O=C1CN(Cc2ccc3c(c2)C(=O)N(C2CCC(=O)NC2=O)C3=O)C2(CNC2)CN1. The van der Waals surface area contributed by atoms with Crippen LogP contribution in [0.25, 0.3) is 0 Å². The second kappa shape index (κ2) is 6.71. The number of benzene rings is 1. The Morgan fingerprint density at radius 1 is 0.967 bits per heavy atom. The van der Waals surface area contributed by atoms with E-state index in [1.807, 2.05) is 0 Å². The zero-order chi connectivity index (χ0) is 21.0. The Balaban J connectivity index is 1.39. The Bertz CT molecular complexity index is 1000. The van der Waals surface area contributed by atoms with Crippen LogP contribution in [0, 0.1) is 0 Å². The monoisotopic (exact) mass is 411 g/mol. The summed E-state index contributed by atoms with van der Waals surface area (Å²) in [6, 6.07) is 4.08. The van der Waals surface area contributed by atoms with Gasteiger partial charge in [-0.15, -0.1) is 0 Å². The van der Waals surface area contributed by atoms with Crippen molar-refractivity contribution in [1.82, 2.24) is 25.8 Å². The average molecular weight is 411 g/mol. The van der Waals surface area contributed by atoms with Crippen LogP contribution in [-0.4, -0.2) is 77.1 Å². The van der Waals surface area contributed by atoms with Crippen molar-refractivity contribution in [2.24, 2.45) is 0 Å². The molecule has 30 heavy (non-hydrogen) atoms. The predicted octanol–water partition coefficient (Wildman–Crippen LogP) is -1.64. The highest BCUT2D eigenvalue weighted by atomic mass is 16.2. The van der Waals surface area contributed by atoms with Gasteiger partial charge in [-0.2, -0.15) is 0 Å². The van der Waals surface area contributed by atoms with Crippen molar-refractivity contribution < 1.29 is 24.0 Å². The van der Waals surface area contributed by atoms with Gasteiger partial charge in [0, 0.05) is 32.6 Å². The second-order valence-corrected chi connectivity index (χ2v) is 8.29. The highest BCUT2D eigenvalue weighted by Gasteiger charge is 2.47. The van der Waals surface area contributed by atoms with Crippen molar-refractivity contribution in [3.8, 4) is 0 Å². The molecule has 4 aliphatic heterocycles. The molecule has 0 aromatic heterocycles. The molecule has 3 N–H and O–H groups in total. The van der Waals surface area contributed by atoms with Gasteiger partial charge in [-0.1, -0.05) is 6.07 Å². The molecule has 4 aliphatic rings. The Morgan fingerprint density at radius 2 is 1.73 bits per heavy atom. The topological polar surface area (TPSA) is 128 Å². The minimum atomic E-state index is -0.978. The van der Waals surface area contributed by atoms with E-state index in [9.17, 15) is 24.0 Å². The van der Waals surface area contributed by atoms with Crippen LogP contribution in [0.15, 0.2) is 18.2 Å². The number of amides is 5. The maximum Gasteiger partial charge on any atom is 0.262 e. The first-order valence-electron chi connectivity index (χ1n) is 9.95. The smallest absolute Gasteiger partial charge is 0.262 e. The van der Waals surface area contributed by atoms with Gasteiger partial charge in [0.1, 0.15) is 6.04 Å². The lowest BCUT2D eigenvalue weighted by Gasteiger charge is -2.53. The summed E-state index contributed by atoms with van der Waals surface area (Å²) in [6.07, 6.45) is 0.212. The normalized spacial score (nSPS) is 25.8. The third-order valence-corrected chi connectivity index (χ3v) is 6.41. The zero-order valence-corrected chi connectivity index (χ0v) is 16.2. The Kier molecular flexibility index (Phi) is 4.23. The molecule has 10 heteroatoms. The van der Waals surface area contributed by atoms with Gasteiger partial charge in [0.05, 0.1) is 23.2 Å². The van der Waals surface area contributed by atoms with Crippen molar-refractivity contribution >= 4 is 29.5 Å². The van der Waals surface area contributed by atoms with Crippen LogP contribution in [0.5, 0.6) is 0 Å². The van der Waals surface area contributed by atoms with E-state index in [4.69, 9.17) is 0 Å². The molecule has 1 atom stereocenters. The van der Waals surface area contributed by atoms with Crippen LogP contribution < -0.4 is 16.0 Å². The van der Waals surface area contributed by atoms with Gasteiger partial charge >= 0.3 is 0 Å². The highest BCUT2D eigenvalue weighted by molar-refractivity contribution is 6.23. The Morgan fingerprint density at radius 3 is 2.43 bits per heavy atom. The van der Waals surface area contributed by atoms with Crippen LogP contribution >= 0.6 is 0 Å². The summed E-state index contributed by atoms with van der Waals surface area (Å²) in [4.78, 5) is 64.3. The van der Waals surface area contributed by atoms with E-state index in [0.29, 0.717) is 13.1 Å². The molecule has 0 radical (unpaired) electrons. The Labute approximate surface area is 171 Å². The molecule has 5 rings (SSSR count). The molecule has 156 valence electrons. The number of hydrogen-bond donors (Lipinski definition) is 3. The molecule has 5 amide bonds. The van der Waals surface area contributed by atoms with Gasteiger partial charge in [-0.05, 0) is 24.1 Å². The van der Waals surface area contributed by atoms with Gasteiger partial charge in [-0.3, -0.25) is 39.1 Å². The number of imide groups is 2. The fraction of sp³-hybridized carbons (Fsp3) is 0.450. The number of nitrogens with one attached hydrogen (secondary N) is 3. The van der Waals surface area contributed by atoms with Crippen LogP contribution in [-0.2, 0) is 20.9 Å². The van der Waals surface area contributed by atoms with Crippen LogP contribution in [0.2, 0.25) is 0 Å². The quantitative estimate of drug-likeness (QED) is 0.509. The first-order chi connectivity index (χ1) is 14.4. The third kappa shape index (κ3) is 2.83. The summed E-state index contributed by atoms with van der Waals surface area (Å²) in [5.74, 6) is -2.11. The molecule has 3 saturated heterocycles. The number of fused-ring (bicyclic) bond motifs is 1. The average Bonchev–Trinajstić information content (AvgIpc) is 2.91. The third-order valence-electron chi connectivity index (χ3n) is 6.41. The van der Waals surface area contributed by atoms with E-state index in [1.54, 1.807) is 18.2 Å². The first-order valence-corrected chi connectivity index (χ1v) is 9.95. The number of rotatable bonds is 3. The van der Waals surface area contributed by atoms with Gasteiger partial charge in [0.25, 0.3) is 11.8 Å². The van der Waals surface area contributed by atoms with Crippen molar-refractivity contribution in [3.63, 3.8) is 0 Å². The maximum atomic E-state index is 13.0. The van der Waals surface area contributed by atoms with Crippen molar-refractivity contribution in [2.45, 2.75) is 31.0 Å². The second-order valence-electron chi connectivity index (χ2n) is 8.29.